The summed E-state index contributed by atoms with van der Waals surface area (Å²) in [5.41, 5.74) is 5.69. The first-order valence-corrected chi connectivity index (χ1v) is 21.8. The van der Waals surface area contributed by atoms with Gasteiger partial charge in [0.25, 0.3) is 0 Å². The maximum absolute atomic E-state index is 13.0. The van der Waals surface area contributed by atoms with E-state index in [9.17, 15) is 9.59 Å². The van der Waals surface area contributed by atoms with Gasteiger partial charge in [0.05, 0.1) is 59.4 Å². The Morgan fingerprint density at radius 3 is 1.60 bits per heavy atom. The second kappa shape index (κ2) is 19.7. The smallest absolute Gasteiger partial charge is 0.193 e. The molecule has 0 aliphatic carbocycles. The highest BCUT2D eigenvalue weighted by Gasteiger charge is 2.28. The molecule has 1 N–H and O–H groups in total. The molecule has 2 saturated heterocycles. The van der Waals surface area contributed by atoms with Crippen molar-refractivity contribution in [3.63, 3.8) is 0 Å². The molecule has 20 nitrogen and oxygen atoms in total. The van der Waals surface area contributed by atoms with E-state index >= 15 is 0 Å². The number of hydrogen-bond acceptors (Lipinski definition) is 16. The molecule has 334 valence electrons. The Kier molecular flexibility index (Phi) is 13.5. The third kappa shape index (κ3) is 10.2. The van der Waals surface area contributed by atoms with Crippen molar-refractivity contribution in [1.82, 2.24) is 79.4 Å². The summed E-state index contributed by atoms with van der Waals surface area (Å²) in [6.45, 7) is 4.07. The molecular formula is C41H38Cl4N16O4. The zero-order valence-corrected chi connectivity index (χ0v) is 37.5. The van der Waals surface area contributed by atoms with E-state index in [0.717, 1.165) is 35.6 Å². The summed E-state index contributed by atoms with van der Waals surface area (Å²) in [4.78, 5) is 48.3. The summed E-state index contributed by atoms with van der Waals surface area (Å²) >= 11 is 24.9. The van der Waals surface area contributed by atoms with E-state index in [1.54, 1.807) is 70.5 Å². The van der Waals surface area contributed by atoms with Crippen molar-refractivity contribution in [2.45, 2.75) is 37.9 Å². The van der Waals surface area contributed by atoms with Gasteiger partial charge in [0.15, 0.2) is 33.2 Å². The fraction of sp³-hybridized carbons (Fsp3) is 0.317. The highest BCUT2D eigenvalue weighted by Crippen LogP contribution is 2.29. The monoisotopic (exact) mass is 958 g/mol. The number of ketones is 2. The predicted molar refractivity (Wildman–Crippen MR) is 237 cm³/mol. The lowest BCUT2D eigenvalue weighted by molar-refractivity contribution is -0.118. The van der Waals surface area contributed by atoms with Crippen LogP contribution in [-0.2, 0) is 44.7 Å². The van der Waals surface area contributed by atoms with Crippen LogP contribution in [0, 0.1) is 0 Å². The SMILES string of the molecule is CN1CCOC(c2c(CC(=O)Cc3cnc(-n4nccn4)c(Cl)c3)cnc3cc(Cl)nn23)C1.O=C(Cc1cnc(-n2nccn2)c(Cl)c1)Cc1cnc2cc(Cl)nn2c1C1CNCCO1. The van der Waals surface area contributed by atoms with Gasteiger partial charge in [-0.2, -0.15) is 30.6 Å². The molecule has 24 heteroatoms. The zero-order valence-electron chi connectivity index (χ0n) is 34.5. The van der Waals surface area contributed by atoms with Crippen LogP contribution >= 0.6 is 46.4 Å². The number of ether oxygens (including phenoxy) is 2. The Morgan fingerprint density at radius 1 is 0.646 bits per heavy atom. The first kappa shape index (κ1) is 44.4. The molecule has 0 aromatic carbocycles. The Labute approximate surface area is 389 Å². The van der Waals surface area contributed by atoms with E-state index in [4.69, 9.17) is 55.9 Å². The lowest BCUT2D eigenvalue weighted by Crippen LogP contribution is -2.36. The molecule has 0 bridgehead atoms. The van der Waals surface area contributed by atoms with Gasteiger partial charge in [-0.05, 0) is 30.3 Å². The quantitative estimate of drug-likeness (QED) is 0.180. The molecule has 0 amide bonds. The number of halogens is 4. The third-order valence-electron chi connectivity index (χ3n) is 10.5. The minimum Gasteiger partial charge on any atom is -0.369 e. The van der Waals surface area contributed by atoms with Crippen LogP contribution < -0.4 is 5.32 Å². The predicted octanol–water partition coefficient (Wildman–Crippen LogP) is 4.40. The van der Waals surface area contributed by atoms with Crippen molar-refractivity contribution < 1.29 is 19.1 Å². The normalized spacial score (nSPS) is 16.8. The number of morpholine rings is 2. The molecule has 8 aromatic heterocycles. The molecular weight excluding hydrogens is 922 g/mol. The first-order valence-electron chi connectivity index (χ1n) is 20.3. The molecule has 0 radical (unpaired) electrons. The van der Waals surface area contributed by atoms with E-state index in [0.29, 0.717) is 80.7 Å². The molecule has 0 saturated carbocycles. The van der Waals surface area contributed by atoms with Gasteiger partial charge >= 0.3 is 0 Å². The van der Waals surface area contributed by atoms with Crippen molar-refractivity contribution in [3.8, 4) is 11.6 Å². The van der Waals surface area contributed by atoms with Gasteiger partial charge in [0.2, 0.25) is 0 Å². The van der Waals surface area contributed by atoms with Crippen LogP contribution in [0.1, 0.15) is 45.8 Å². The van der Waals surface area contributed by atoms with Gasteiger partial charge in [-0.1, -0.05) is 46.4 Å². The molecule has 2 unspecified atom stereocenters. The molecule has 2 fully saturated rings. The number of pyridine rings is 2. The summed E-state index contributed by atoms with van der Waals surface area (Å²) in [7, 11) is 2.04. The number of carbonyl (C=O) groups excluding carboxylic acids is 2. The first-order chi connectivity index (χ1) is 31.6. The minimum absolute atomic E-state index is 0.0114. The van der Waals surface area contributed by atoms with Crippen molar-refractivity contribution in [1.29, 1.82) is 0 Å². The highest BCUT2D eigenvalue weighted by molar-refractivity contribution is 6.32. The van der Waals surface area contributed by atoms with Crippen LogP contribution in [0.3, 0.4) is 0 Å². The fourth-order valence-corrected chi connectivity index (χ4v) is 8.52. The molecule has 8 aromatic rings. The van der Waals surface area contributed by atoms with E-state index in [-0.39, 0.29) is 49.5 Å². The van der Waals surface area contributed by atoms with Crippen molar-refractivity contribution in [2.75, 3.05) is 46.4 Å². The standard InChI is InChI=1S/C21H20Cl2N8O2.C20H18Cl2N8O2/c1-29-4-5-33-17(12-29)20-14(11-24-19-9-18(23)28-30(19)20)8-15(32)6-13-7-16(22)21(25-10-13)31-26-2-3-27-31;21-15-6-12(9-25-20(15)30-26-1-2-27-30)5-14(31)7-13-10-24-18-8-17(22)28-29(18)19(13)16-11-23-3-4-32-16/h2-3,7,9-11,17H,4-6,8,12H2,1H3;1-2,6,8-10,16,23H,3-5,7,11H2. The summed E-state index contributed by atoms with van der Waals surface area (Å²) in [6, 6.07) is 6.78. The number of nitrogens with zero attached hydrogens (tertiary/aromatic N) is 15. The van der Waals surface area contributed by atoms with Gasteiger partial charge in [-0.3, -0.25) is 9.59 Å². The Balaban J connectivity index is 0.000000164. The zero-order chi connectivity index (χ0) is 45.0. The van der Waals surface area contributed by atoms with Crippen molar-refractivity contribution in [2.24, 2.45) is 0 Å². The van der Waals surface area contributed by atoms with Gasteiger partial charge in [-0.25, -0.2) is 29.0 Å². The number of nitrogens with one attached hydrogen (secondary N) is 1. The number of hydrogen-bond donors (Lipinski definition) is 1. The minimum atomic E-state index is -0.259. The summed E-state index contributed by atoms with van der Waals surface area (Å²) < 4.78 is 15.3. The molecule has 65 heavy (non-hydrogen) atoms. The molecule has 2 aliphatic heterocycles. The van der Waals surface area contributed by atoms with Gasteiger partial charge in [0.1, 0.15) is 23.8 Å². The summed E-state index contributed by atoms with van der Waals surface area (Å²) in [6.07, 6.45) is 12.9. The van der Waals surface area contributed by atoms with E-state index in [2.05, 4.69) is 60.7 Å². The summed E-state index contributed by atoms with van der Waals surface area (Å²) in [5.74, 6) is 0.783. The molecule has 10 rings (SSSR count). The second-order valence-corrected chi connectivity index (χ2v) is 16.8. The fourth-order valence-electron chi connectivity index (χ4n) is 7.64. The van der Waals surface area contributed by atoms with Crippen LogP contribution in [0.15, 0.2) is 73.8 Å². The number of Topliss-reactive ketones (excluding diaryl/α,β-unsaturated/α-hetero) is 2. The Hall–Kier alpha value is -5.84. The summed E-state index contributed by atoms with van der Waals surface area (Å²) in [5, 5.41) is 29.5. The van der Waals surface area contributed by atoms with Crippen molar-refractivity contribution >= 4 is 69.3 Å². The number of likely N-dealkylation sites (N-methyl/N-ethyl adjacent to an activating group) is 1. The molecule has 10 heterocycles. The largest absolute Gasteiger partial charge is 0.369 e. The van der Waals surface area contributed by atoms with Gasteiger partial charge < -0.3 is 19.7 Å². The van der Waals surface area contributed by atoms with Crippen molar-refractivity contribution in [3.05, 3.63) is 128 Å². The van der Waals surface area contributed by atoms with Crippen LogP contribution in [0.4, 0.5) is 0 Å². The highest BCUT2D eigenvalue weighted by atomic mass is 35.5. The topological polar surface area (TPSA) is 215 Å². The van der Waals surface area contributed by atoms with Gasteiger partial charge in [-0.15, -0.1) is 9.59 Å². The third-order valence-corrected chi connectivity index (χ3v) is 11.4. The maximum Gasteiger partial charge on any atom is 0.193 e. The average Bonchev–Trinajstić information content (AvgIpc) is 4.13. The van der Waals surface area contributed by atoms with Crippen LogP contribution in [0.5, 0.6) is 0 Å². The molecule has 2 atom stereocenters. The average molecular weight is 961 g/mol. The van der Waals surface area contributed by atoms with E-state index in [1.807, 2.05) is 7.05 Å². The molecule has 2 aliphatic rings. The Morgan fingerprint density at radius 2 is 1.14 bits per heavy atom. The lowest BCUT2D eigenvalue weighted by Gasteiger charge is -2.31. The van der Waals surface area contributed by atoms with Gasteiger partial charge in [0, 0.05) is 99.9 Å². The number of aromatic nitrogens is 14. The molecule has 0 spiro atoms. The van der Waals surface area contributed by atoms with Crippen LogP contribution in [-0.4, -0.2) is 132 Å². The van der Waals surface area contributed by atoms with E-state index in [1.165, 1.54) is 22.0 Å². The number of rotatable bonds is 12. The lowest BCUT2D eigenvalue weighted by atomic mass is 10.0. The van der Waals surface area contributed by atoms with Crippen LogP contribution in [0.25, 0.3) is 22.9 Å². The number of carbonyl (C=O) groups is 2. The van der Waals surface area contributed by atoms with E-state index < -0.39 is 0 Å². The van der Waals surface area contributed by atoms with Crippen LogP contribution in [0.2, 0.25) is 20.4 Å². The Bertz CT molecular complexity index is 2980. The number of fused-ring (bicyclic) bond motifs is 2. The second-order valence-electron chi connectivity index (χ2n) is 15.2. The maximum atomic E-state index is 13.0.